The van der Waals surface area contributed by atoms with Crippen LogP contribution in [0.2, 0.25) is 0 Å². The number of urea groups is 1. The molecule has 0 aromatic heterocycles. The van der Waals surface area contributed by atoms with E-state index < -0.39 is 12.1 Å². The predicted octanol–water partition coefficient (Wildman–Crippen LogP) is 3.91. The van der Waals surface area contributed by atoms with Crippen LogP contribution in [0.3, 0.4) is 0 Å². The third-order valence-corrected chi connectivity index (χ3v) is 6.99. The SMILES string of the molecule is O=C(C[C@H]1C[C@@H]2c3cc(NC(=O)Nc4ccc(F)cc4)ccc3O[C@@H]2[C@@H](CO)O1)NC1CCCC1. The van der Waals surface area contributed by atoms with E-state index in [2.05, 4.69) is 16.0 Å². The molecule has 1 saturated heterocycles. The van der Waals surface area contributed by atoms with Gasteiger partial charge in [-0.15, -0.1) is 0 Å². The number of carbonyl (C=O) groups excluding carboxylic acids is 2. The highest BCUT2D eigenvalue weighted by atomic mass is 19.1. The van der Waals surface area contributed by atoms with Gasteiger partial charge in [0, 0.05) is 28.9 Å². The number of fused-ring (bicyclic) bond motifs is 3. The largest absolute Gasteiger partial charge is 0.487 e. The van der Waals surface area contributed by atoms with E-state index in [1.165, 1.54) is 24.3 Å². The van der Waals surface area contributed by atoms with Gasteiger partial charge in [0.15, 0.2) is 0 Å². The summed E-state index contributed by atoms with van der Waals surface area (Å²) in [5.41, 5.74) is 1.97. The van der Waals surface area contributed by atoms with Crippen LogP contribution in [0.4, 0.5) is 20.6 Å². The van der Waals surface area contributed by atoms with Crippen LogP contribution in [0.1, 0.15) is 50.0 Å². The van der Waals surface area contributed by atoms with E-state index in [1.807, 2.05) is 6.07 Å². The van der Waals surface area contributed by atoms with Gasteiger partial charge in [0.05, 0.1) is 19.1 Å². The average molecular weight is 484 g/mol. The second-order valence-electron chi connectivity index (χ2n) is 9.50. The highest BCUT2D eigenvalue weighted by molar-refractivity contribution is 5.99. The Bertz CT molecular complexity index is 1070. The number of nitrogens with one attached hydrogen (secondary N) is 3. The van der Waals surface area contributed by atoms with Crippen molar-refractivity contribution in [3.8, 4) is 5.75 Å². The van der Waals surface area contributed by atoms with Gasteiger partial charge in [-0.1, -0.05) is 12.8 Å². The van der Waals surface area contributed by atoms with Gasteiger partial charge in [-0.25, -0.2) is 9.18 Å². The zero-order valence-electron chi connectivity index (χ0n) is 19.3. The normalized spacial score (nSPS) is 25.3. The highest BCUT2D eigenvalue weighted by Gasteiger charge is 2.46. The summed E-state index contributed by atoms with van der Waals surface area (Å²) < 4.78 is 25.2. The fourth-order valence-electron chi connectivity index (χ4n) is 5.36. The average Bonchev–Trinajstić information content (AvgIpc) is 3.47. The van der Waals surface area contributed by atoms with Crippen molar-refractivity contribution < 1.29 is 28.6 Å². The van der Waals surface area contributed by atoms with E-state index in [4.69, 9.17) is 9.47 Å². The van der Waals surface area contributed by atoms with Crippen molar-refractivity contribution >= 4 is 23.3 Å². The predicted molar refractivity (Wildman–Crippen MR) is 128 cm³/mol. The molecule has 4 atom stereocenters. The van der Waals surface area contributed by atoms with Gasteiger partial charge in [0.25, 0.3) is 0 Å². The van der Waals surface area contributed by atoms with Crippen molar-refractivity contribution in [1.29, 1.82) is 0 Å². The van der Waals surface area contributed by atoms with Gasteiger partial charge in [-0.2, -0.15) is 0 Å². The molecule has 8 nitrogen and oxygen atoms in total. The number of aliphatic hydroxyl groups excluding tert-OH is 1. The maximum Gasteiger partial charge on any atom is 0.323 e. The standard InChI is InChI=1S/C26H30FN3O5/c27-15-5-7-17(8-6-15)29-26(33)30-18-9-10-22-20(11-18)21-12-19(34-23(14-31)25(21)35-22)13-24(32)28-16-3-1-2-4-16/h5-11,16,19,21,23,25,31H,1-4,12-14H2,(H,28,32)(H2,29,30,33)/t19-,21-,23-,25+/m1/s1. The van der Waals surface area contributed by atoms with Crippen molar-refractivity contribution in [3.63, 3.8) is 0 Å². The van der Waals surface area contributed by atoms with Crippen molar-refractivity contribution in [2.24, 2.45) is 0 Å². The molecule has 186 valence electrons. The van der Waals surface area contributed by atoms with Gasteiger partial charge in [0.1, 0.15) is 23.8 Å². The molecule has 0 radical (unpaired) electrons. The molecule has 3 aliphatic rings. The number of hydrogen-bond acceptors (Lipinski definition) is 5. The maximum absolute atomic E-state index is 13.1. The van der Waals surface area contributed by atoms with Crippen LogP contribution in [0.25, 0.3) is 0 Å². The van der Waals surface area contributed by atoms with E-state index in [1.54, 1.807) is 12.1 Å². The molecule has 2 fully saturated rings. The van der Waals surface area contributed by atoms with Gasteiger partial charge in [-0.05, 0) is 61.7 Å². The molecule has 1 saturated carbocycles. The molecular formula is C26H30FN3O5. The molecule has 4 N–H and O–H groups in total. The summed E-state index contributed by atoms with van der Waals surface area (Å²) in [4.78, 5) is 25.0. The molecule has 0 bridgehead atoms. The highest BCUT2D eigenvalue weighted by Crippen LogP contribution is 2.47. The first-order valence-corrected chi connectivity index (χ1v) is 12.2. The second-order valence-corrected chi connectivity index (χ2v) is 9.50. The number of ether oxygens (including phenoxy) is 2. The summed E-state index contributed by atoms with van der Waals surface area (Å²) in [6, 6.07) is 10.7. The van der Waals surface area contributed by atoms with Crippen LogP contribution in [-0.4, -0.2) is 48.0 Å². The lowest BCUT2D eigenvalue weighted by atomic mass is 9.84. The Kier molecular flexibility index (Phi) is 6.88. The minimum atomic E-state index is -0.538. The molecule has 5 rings (SSSR count). The van der Waals surface area contributed by atoms with E-state index >= 15 is 0 Å². The molecule has 0 unspecified atom stereocenters. The Morgan fingerprint density at radius 3 is 2.49 bits per heavy atom. The number of benzene rings is 2. The number of carbonyl (C=O) groups is 2. The van der Waals surface area contributed by atoms with Gasteiger partial charge in [0.2, 0.25) is 5.91 Å². The number of halogens is 1. The topological polar surface area (TPSA) is 109 Å². The number of amides is 3. The minimum absolute atomic E-state index is 0.0240. The molecule has 35 heavy (non-hydrogen) atoms. The van der Waals surface area contributed by atoms with E-state index in [0.29, 0.717) is 23.5 Å². The quantitative estimate of drug-likeness (QED) is 0.498. The summed E-state index contributed by atoms with van der Waals surface area (Å²) in [7, 11) is 0. The molecule has 2 aliphatic heterocycles. The summed E-state index contributed by atoms with van der Waals surface area (Å²) in [5.74, 6) is 0.213. The summed E-state index contributed by atoms with van der Waals surface area (Å²) >= 11 is 0. The Morgan fingerprint density at radius 1 is 1.03 bits per heavy atom. The van der Waals surface area contributed by atoms with Crippen LogP contribution in [0, 0.1) is 5.82 Å². The molecule has 2 aromatic carbocycles. The first-order valence-electron chi connectivity index (χ1n) is 12.2. The van der Waals surface area contributed by atoms with Crippen LogP contribution in [0.5, 0.6) is 5.75 Å². The first kappa shape index (κ1) is 23.6. The van der Waals surface area contributed by atoms with Crippen molar-refractivity contribution in [2.45, 2.75) is 68.8 Å². The van der Waals surface area contributed by atoms with Gasteiger partial charge >= 0.3 is 6.03 Å². The third-order valence-electron chi connectivity index (χ3n) is 6.99. The molecule has 3 amide bonds. The smallest absolute Gasteiger partial charge is 0.323 e. The maximum atomic E-state index is 13.1. The zero-order chi connectivity index (χ0) is 24.4. The lowest BCUT2D eigenvalue weighted by molar-refractivity contribution is -0.142. The van der Waals surface area contributed by atoms with Crippen LogP contribution < -0.4 is 20.7 Å². The number of rotatable bonds is 6. The van der Waals surface area contributed by atoms with Crippen LogP contribution in [0.15, 0.2) is 42.5 Å². The third kappa shape index (κ3) is 5.41. The summed E-state index contributed by atoms with van der Waals surface area (Å²) in [6.45, 7) is -0.207. The second kappa shape index (κ2) is 10.2. The molecule has 2 heterocycles. The van der Waals surface area contributed by atoms with E-state index in [-0.39, 0.29) is 48.9 Å². The Balaban J connectivity index is 1.25. The minimum Gasteiger partial charge on any atom is -0.487 e. The Labute approximate surface area is 203 Å². The Hall–Kier alpha value is -3.17. The van der Waals surface area contributed by atoms with Crippen LogP contribution >= 0.6 is 0 Å². The molecule has 1 aliphatic carbocycles. The number of hydrogen-bond donors (Lipinski definition) is 4. The lowest BCUT2D eigenvalue weighted by Crippen LogP contribution is -2.47. The lowest BCUT2D eigenvalue weighted by Gasteiger charge is -2.37. The molecule has 2 aromatic rings. The summed E-state index contributed by atoms with van der Waals surface area (Å²) in [5, 5.41) is 18.5. The van der Waals surface area contributed by atoms with Crippen molar-refractivity contribution in [2.75, 3.05) is 17.2 Å². The van der Waals surface area contributed by atoms with Gasteiger partial charge in [-0.3, -0.25) is 4.79 Å². The first-order chi connectivity index (χ1) is 17.0. The van der Waals surface area contributed by atoms with Gasteiger partial charge < -0.3 is 30.5 Å². The fraction of sp³-hybridized carbons (Fsp3) is 0.462. The Morgan fingerprint density at radius 2 is 1.74 bits per heavy atom. The fourth-order valence-corrected chi connectivity index (χ4v) is 5.36. The molecular weight excluding hydrogens is 453 g/mol. The number of aliphatic hydroxyl groups is 1. The number of anilines is 2. The molecule has 9 heteroatoms. The van der Waals surface area contributed by atoms with E-state index in [0.717, 1.165) is 31.2 Å². The van der Waals surface area contributed by atoms with Crippen molar-refractivity contribution in [1.82, 2.24) is 5.32 Å². The van der Waals surface area contributed by atoms with Crippen LogP contribution in [-0.2, 0) is 9.53 Å². The molecule has 0 spiro atoms. The van der Waals surface area contributed by atoms with Crippen molar-refractivity contribution in [3.05, 3.63) is 53.8 Å². The van der Waals surface area contributed by atoms with E-state index in [9.17, 15) is 19.1 Å². The summed E-state index contributed by atoms with van der Waals surface area (Å²) in [6.07, 6.45) is 3.93. The zero-order valence-corrected chi connectivity index (χ0v) is 19.3. The monoisotopic (exact) mass is 483 g/mol.